The predicted molar refractivity (Wildman–Crippen MR) is 288 cm³/mol. The fourth-order valence-electron chi connectivity index (χ4n) is 12.3. The predicted octanol–water partition coefficient (Wildman–Crippen LogP) is 18.2. The van der Waals surface area contributed by atoms with E-state index in [0.29, 0.717) is 0 Å². The zero-order valence-corrected chi connectivity index (χ0v) is 37.5. The Labute approximate surface area is 399 Å². The van der Waals surface area contributed by atoms with Crippen molar-refractivity contribution in [2.45, 2.75) is 5.41 Å². The number of para-hydroxylation sites is 1. The molecule has 1 aromatic heterocycles. The molecular formula is C67H41NO. The molecule has 69 heavy (non-hydrogen) atoms. The van der Waals surface area contributed by atoms with Crippen LogP contribution in [0.3, 0.4) is 0 Å². The summed E-state index contributed by atoms with van der Waals surface area (Å²) in [6.07, 6.45) is 0. The van der Waals surface area contributed by atoms with Crippen LogP contribution in [0.5, 0.6) is 0 Å². The molecule has 0 saturated carbocycles. The molecule has 0 radical (unpaired) electrons. The van der Waals surface area contributed by atoms with Crippen LogP contribution < -0.4 is 4.90 Å². The molecule has 1 heterocycles. The maximum atomic E-state index is 6.42. The van der Waals surface area contributed by atoms with Crippen LogP contribution in [-0.4, -0.2) is 0 Å². The van der Waals surface area contributed by atoms with Gasteiger partial charge in [0.15, 0.2) is 0 Å². The summed E-state index contributed by atoms with van der Waals surface area (Å²) in [7, 11) is 0. The SMILES string of the molecule is c1ccc(-c2ccc(N(c3ccc(-c4ccc5c6ccccc6c6c(ccc7oc8ccccc8c76)c5c4)cc3)c3ccc4c(c3)C3(c5ccccc5-c5ccccc53)c3ccccc3-4)cc2)cc1. The van der Waals surface area contributed by atoms with E-state index in [1.807, 2.05) is 6.07 Å². The van der Waals surface area contributed by atoms with E-state index in [4.69, 9.17) is 4.42 Å². The standard InChI is InChI=1S/C67H41NO/c1-2-14-42(15-3-1)43-26-31-46(32-27-43)68(48-35-37-54-53-19-8-12-24-61(53)67(62(54)41-48)59-22-10-6-17-51(59)52-18-7-11-23-60(52)67)47-33-28-44(29-34-47)45-30-36-50-49-16-4-5-20-55(49)65-56(58(50)40-45)38-39-64-66(65)57-21-9-13-25-63(57)69-64/h1-41H. The van der Waals surface area contributed by atoms with Gasteiger partial charge >= 0.3 is 0 Å². The van der Waals surface area contributed by atoms with Crippen molar-refractivity contribution >= 4 is 71.3 Å². The summed E-state index contributed by atoms with van der Waals surface area (Å²) in [4.78, 5) is 2.43. The number of rotatable bonds is 5. The molecule has 2 aliphatic carbocycles. The molecule has 13 aromatic rings. The van der Waals surface area contributed by atoms with Crippen LogP contribution in [-0.2, 0) is 5.41 Å². The van der Waals surface area contributed by atoms with Crippen LogP contribution in [0.25, 0.3) is 98.8 Å². The van der Waals surface area contributed by atoms with Crippen LogP contribution in [0.2, 0.25) is 0 Å². The van der Waals surface area contributed by atoms with Crippen LogP contribution in [0.4, 0.5) is 17.1 Å². The van der Waals surface area contributed by atoms with E-state index < -0.39 is 5.41 Å². The molecule has 0 atom stereocenters. The second-order valence-electron chi connectivity index (χ2n) is 18.7. The van der Waals surface area contributed by atoms with Gasteiger partial charge in [0, 0.05) is 33.2 Å². The average molecular weight is 876 g/mol. The molecule has 2 heteroatoms. The first-order chi connectivity index (χ1) is 34.2. The Morgan fingerprint density at radius 2 is 0.725 bits per heavy atom. The number of benzene rings is 12. The second kappa shape index (κ2) is 14.5. The number of hydrogen-bond donors (Lipinski definition) is 0. The van der Waals surface area contributed by atoms with Crippen molar-refractivity contribution in [3.8, 4) is 44.5 Å². The fraction of sp³-hybridized carbons (Fsp3) is 0.0149. The molecule has 1 spiro atoms. The maximum Gasteiger partial charge on any atom is 0.136 e. The Hall–Kier alpha value is -8.98. The van der Waals surface area contributed by atoms with Crippen molar-refractivity contribution in [1.29, 1.82) is 0 Å². The van der Waals surface area contributed by atoms with Gasteiger partial charge in [0.05, 0.1) is 5.41 Å². The number of anilines is 3. The van der Waals surface area contributed by atoms with E-state index in [0.717, 1.165) is 33.6 Å². The summed E-state index contributed by atoms with van der Waals surface area (Å²) in [5.74, 6) is 0. The van der Waals surface area contributed by atoms with E-state index >= 15 is 0 Å². The molecule has 0 fully saturated rings. The quantitative estimate of drug-likeness (QED) is 0.160. The lowest BCUT2D eigenvalue weighted by Crippen LogP contribution is -2.26. The van der Waals surface area contributed by atoms with Crippen molar-refractivity contribution in [3.63, 3.8) is 0 Å². The lowest BCUT2D eigenvalue weighted by molar-refractivity contribution is 0.669. The van der Waals surface area contributed by atoms with Crippen molar-refractivity contribution in [2.75, 3.05) is 4.90 Å². The Morgan fingerprint density at radius 1 is 0.261 bits per heavy atom. The van der Waals surface area contributed by atoms with Gasteiger partial charge in [-0.1, -0.05) is 188 Å². The summed E-state index contributed by atoms with van der Waals surface area (Å²) in [5, 5.41) is 9.78. The van der Waals surface area contributed by atoms with Crippen LogP contribution in [0.1, 0.15) is 22.3 Å². The van der Waals surface area contributed by atoms with E-state index in [1.54, 1.807) is 0 Å². The summed E-state index contributed by atoms with van der Waals surface area (Å²) < 4.78 is 6.42. The minimum absolute atomic E-state index is 0.441. The summed E-state index contributed by atoms with van der Waals surface area (Å²) in [6.45, 7) is 0. The van der Waals surface area contributed by atoms with Gasteiger partial charge in [0.25, 0.3) is 0 Å². The van der Waals surface area contributed by atoms with Crippen LogP contribution >= 0.6 is 0 Å². The Kier molecular flexibility index (Phi) is 8.02. The lowest BCUT2D eigenvalue weighted by atomic mass is 9.70. The summed E-state index contributed by atoms with van der Waals surface area (Å²) >= 11 is 0. The molecule has 2 aliphatic rings. The number of nitrogens with zero attached hydrogens (tertiary/aromatic N) is 1. The monoisotopic (exact) mass is 875 g/mol. The first-order valence-electron chi connectivity index (χ1n) is 23.9. The minimum atomic E-state index is -0.441. The van der Waals surface area contributed by atoms with Gasteiger partial charge in [-0.3, -0.25) is 0 Å². The van der Waals surface area contributed by atoms with Gasteiger partial charge < -0.3 is 9.32 Å². The second-order valence-corrected chi connectivity index (χ2v) is 18.7. The molecule has 0 saturated heterocycles. The molecular weight excluding hydrogens is 835 g/mol. The first kappa shape index (κ1) is 38.2. The van der Waals surface area contributed by atoms with Gasteiger partial charge in [0.2, 0.25) is 0 Å². The summed E-state index contributed by atoms with van der Waals surface area (Å²) in [6, 6.07) is 91.8. The highest BCUT2D eigenvalue weighted by atomic mass is 16.3. The topological polar surface area (TPSA) is 16.4 Å². The van der Waals surface area contributed by atoms with Crippen LogP contribution in [0, 0.1) is 0 Å². The van der Waals surface area contributed by atoms with Crippen molar-refractivity contribution in [3.05, 3.63) is 271 Å². The number of fused-ring (bicyclic) bond motifs is 20. The van der Waals surface area contributed by atoms with Gasteiger partial charge in [-0.2, -0.15) is 0 Å². The first-order valence-corrected chi connectivity index (χ1v) is 23.9. The molecule has 0 bridgehead atoms. The molecule has 320 valence electrons. The third-order valence-corrected chi connectivity index (χ3v) is 15.3. The van der Waals surface area contributed by atoms with Gasteiger partial charge in [-0.05, 0) is 154 Å². The van der Waals surface area contributed by atoms with E-state index in [2.05, 4.69) is 248 Å². The fourth-order valence-corrected chi connectivity index (χ4v) is 12.3. The van der Waals surface area contributed by atoms with E-state index in [9.17, 15) is 0 Å². The Bertz CT molecular complexity index is 4170. The lowest BCUT2D eigenvalue weighted by Gasteiger charge is -2.32. The molecule has 0 unspecified atom stereocenters. The normalized spacial score (nSPS) is 13.0. The van der Waals surface area contributed by atoms with Crippen molar-refractivity contribution < 1.29 is 4.42 Å². The smallest absolute Gasteiger partial charge is 0.136 e. The van der Waals surface area contributed by atoms with Crippen molar-refractivity contribution in [1.82, 2.24) is 0 Å². The molecule has 0 N–H and O–H groups in total. The Morgan fingerprint density at radius 3 is 1.39 bits per heavy atom. The highest BCUT2D eigenvalue weighted by molar-refractivity contribution is 6.34. The van der Waals surface area contributed by atoms with Crippen LogP contribution in [0.15, 0.2) is 253 Å². The zero-order chi connectivity index (χ0) is 45.2. The van der Waals surface area contributed by atoms with E-state index in [-0.39, 0.29) is 0 Å². The maximum absolute atomic E-state index is 6.42. The molecule has 0 amide bonds. The molecule has 15 rings (SSSR count). The van der Waals surface area contributed by atoms with Gasteiger partial charge in [-0.15, -0.1) is 0 Å². The highest BCUT2D eigenvalue weighted by Gasteiger charge is 2.51. The summed E-state index contributed by atoms with van der Waals surface area (Å²) in [5.41, 5.74) is 20.0. The largest absolute Gasteiger partial charge is 0.456 e. The average Bonchev–Trinajstić information content (AvgIpc) is 4.06. The molecule has 12 aromatic carbocycles. The van der Waals surface area contributed by atoms with Crippen molar-refractivity contribution in [2.24, 2.45) is 0 Å². The third kappa shape index (κ3) is 5.37. The van der Waals surface area contributed by atoms with Gasteiger partial charge in [-0.25, -0.2) is 0 Å². The Balaban J connectivity index is 0.903. The molecule has 0 aliphatic heterocycles. The zero-order valence-electron chi connectivity index (χ0n) is 37.5. The number of furan rings is 1. The minimum Gasteiger partial charge on any atom is -0.456 e. The number of hydrogen-bond acceptors (Lipinski definition) is 2. The van der Waals surface area contributed by atoms with Gasteiger partial charge in [0.1, 0.15) is 11.2 Å². The third-order valence-electron chi connectivity index (χ3n) is 15.3. The highest BCUT2D eigenvalue weighted by Crippen LogP contribution is 2.63. The molecule has 2 nitrogen and oxygen atoms in total. The van der Waals surface area contributed by atoms with E-state index in [1.165, 1.54) is 104 Å².